The van der Waals surface area contributed by atoms with Gasteiger partial charge in [0, 0.05) is 11.5 Å². The van der Waals surface area contributed by atoms with Gasteiger partial charge in [-0.2, -0.15) is 0 Å². The van der Waals surface area contributed by atoms with Crippen LogP contribution in [0.5, 0.6) is 5.75 Å². The van der Waals surface area contributed by atoms with E-state index in [1.165, 1.54) is 29.5 Å². The lowest BCUT2D eigenvalue weighted by molar-refractivity contribution is 0.403. The lowest BCUT2D eigenvalue weighted by Gasteiger charge is -2.24. The number of nitrogens with two attached hydrogens (primary N) is 1. The zero-order chi connectivity index (χ0) is 13.5. The molecular formula is C16H25NO. The van der Waals surface area contributed by atoms with E-state index in [0.29, 0.717) is 5.92 Å². The van der Waals surface area contributed by atoms with Gasteiger partial charge in [0.1, 0.15) is 5.75 Å². The molecule has 18 heavy (non-hydrogen) atoms. The van der Waals surface area contributed by atoms with Crippen LogP contribution >= 0.6 is 0 Å². The molecule has 2 heteroatoms. The number of rotatable bonds is 4. The molecule has 0 amide bonds. The summed E-state index contributed by atoms with van der Waals surface area (Å²) in [5.41, 5.74) is 10.3. The van der Waals surface area contributed by atoms with Gasteiger partial charge in [0.25, 0.3) is 0 Å². The number of hydrogen-bond donors (Lipinski definition) is 1. The van der Waals surface area contributed by atoms with Crippen molar-refractivity contribution < 1.29 is 4.74 Å². The molecule has 2 nitrogen and oxygen atoms in total. The van der Waals surface area contributed by atoms with E-state index in [-0.39, 0.29) is 11.5 Å². The van der Waals surface area contributed by atoms with Crippen molar-refractivity contribution in [1.82, 2.24) is 0 Å². The second-order valence-corrected chi connectivity index (χ2v) is 6.02. The lowest BCUT2D eigenvalue weighted by atomic mass is 9.85. The van der Waals surface area contributed by atoms with Crippen LogP contribution in [0.1, 0.15) is 56.2 Å². The van der Waals surface area contributed by atoms with Crippen LogP contribution in [-0.2, 0) is 5.41 Å². The van der Waals surface area contributed by atoms with Gasteiger partial charge in [0.2, 0.25) is 0 Å². The second-order valence-electron chi connectivity index (χ2n) is 6.02. The molecule has 0 heterocycles. The van der Waals surface area contributed by atoms with Crippen LogP contribution in [0.4, 0.5) is 0 Å². The Morgan fingerprint density at radius 1 is 1.22 bits per heavy atom. The van der Waals surface area contributed by atoms with Crippen LogP contribution in [0.2, 0.25) is 0 Å². The highest BCUT2D eigenvalue weighted by molar-refractivity contribution is 5.49. The molecule has 2 N–H and O–H groups in total. The Labute approximate surface area is 111 Å². The minimum absolute atomic E-state index is 0.223. The summed E-state index contributed by atoms with van der Waals surface area (Å²) in [5.74, 6) is 1.51. The van der Waals surface area contributed by atoms with Gasteiger partial charge in [0.15, 0.2) is 0 Å². The van der Waals surface area contributed by atoms with Gasteiger partial charge in [-0.1, -0.05) is 26.0 Å². The highest BCUT2D eigenvalue weighted by Gasteiger charge is 2.47. The van der Waals surface area contributed by atoms with Crippen LogP contribution in [0.15, 0.2) is 12.1 Å². The summed E-state index contributed by atoms with van der Waals surface area (Å²) in [6.45, 7) is 8.69. The van der Waals surface area contributed by atoms with E-state index in [1.807, 2.05) is 0 Å². The predicted molar refractivity (Wildman–Crippen MR) is 76.4 cm³/mol. The first-order valence-corrected chi connectivity index (χ1v) is 6.87. The number of aryl methyl sites for hydroxylation is 1. The Morgan fingerprint density at radius 3 is 2.22 bits per heavy atom. The van der Waals surface area contributed by atoms with Gasteiger partial charge in [-0.25, -0.2) is 0 Å². The summed E-state index contributed by atoms with van der Waals surface area (Å²) < 4.78 is 5.55. The topological polar surface area (TPSA) is 35.2 Å². The summed E-state index contributed by atoms with van der Waals surface area (Å²) >= 11 is 0. The molecule has 0 bridgehead atoms. The monoisotopic (exact) mass is 247 g/mol. The molecule has 1 aliphatic carbocycles. The van der Waals surface area contributed by atoms with Crippen molar-refractivity contribution in [2.75, 3.05) is 7.11 Å². The molecule has 1 aromatic carbocycles. The van der Waals surface area contributed by atoms with Crippen molar-refractivity contribution >= 4 is 0 Å². The molecule has 0 aliphatic heterocycles. The summed E-state index contributed by atoms with van der Waals surface area (Å²) in [6, 6.07) is 4.80. The van der Waals surface area contributed by atoms with Gasteiger partial charge in [-0.05, 0) is 49.3 Å². The number of benzene rings is 1. The average Bonchev–Trinajstić information content (AvgIpc) is 3.08. The molecule has 1 aromatic rings. The van der Waals surface area contributed by atoms with Crippen LogP contribution in [-0.4, -0.2) is 13.2 Å². The molecule has 0 radical (unpaired) electrons. The van der Waals surface area contributed by atoms with E-state index in [1.54, 1.807) is 7.11 Å². The summed E-state index contributed by atoms with van der Waals surface area (Å²) in [6.07, 6.45) is 2.43. The number of hydrogen-bond acceptors (Lipinski definition) is 2. The van der Waals surface area contributed by atoms with E-state index < -0.39 is 0 Å². The molecule has 1 saturated carbocycles. The Hall–Kier alpha value is -1.02. The maximum absolute atomic E-state index is 6.18. The molecule has 2 rings (SSSR count). The van der Waals surface area contributed by atoms with Crippen molar-refractivity contribution in [1.29, 1.82) is 0 Å². The maximum atomic E-state index is 6.18. The van der Waals surface area contributed by atoms with Gasteiger partial charge in [0.05, 0.1) is 7.11 Å². The van der Waals surface area contributed by atoms with Crippen LogP contribution in [0.3, 0.4) is 0 Å². The largest absolute Gasteiger partial charge is 0.496 e. The van der Waals surface area contributed by atoms with Gasteiger partial charge in [-0.15, -0.1) is 0 Å². The van der Waals surface area contributed by atoms with Crippen molar-refractivity contribution in [3.8, 4) is 5.75 Å². The molecule has 1 atom stereocenters. The fraction of sp³-hybridized carbons (Fsp3) is 0.625. The zero-order valence-corrected chi connectivity index (χ0v) is 12.2. The highest BCUT2D eigenvalue weighted by Crippen LogP contribution is 2.51. The highest BCUT2D eigenvalue weighted by atomic mass is 16.5. The van der Waals surface area contributed by atoms with E-state index in [4.69, 9.17) is 10.5 Å². The quantitative estimate of drug-likeness (QED) is 0.883. The molecule has 0 aromatic heterocycles. The molecule has 1 aliphatic rings. The zero-order valence-electron chi connectivity index (χ0n) is 12.2. The SMILES string of the molecule is COc1c(C)cc(C2(C(C)N)CC2)cc1C(C)C. The Bertz CT molecular complexity index is 445. The van der Waals surface area contributed by atoms with Crippen LogP contribution < -0.4 is 10.5 Å². The average molecular weight is 247 g/mol. The van der Waals surface area contributed by atoms with Gasteiger partial charge in [-0.3, -0.25) is 0 Å². The molecule has 0 saturated heterocycles. The van der Waals surface area contributed by atoms with E-state index in [9.17, 15) is 0 Å². The molecular weight excluding hydrogens is 222 g/mol. The van der Waals surface area contributed by atoms with Crippen molar-refractivity contribution in [3.63, 3.8) is 0 Å². The molecule has 0 spiro atoms. The third-order valence-corrected chi connectivity index (χ3v) is 4.36. The molecule has 100 valence electrons. The van der Waals surface area contributed by atoms with Gasteiger partial charge >= 0.3 is 0 Å². The lowest BCUT2D eigenvalue weighted by Crippen LogP contribution is -2.31. The Morgan fingerprint density at radius 2 is 1.83 bits per heavy atom. The summed E-state index contributed by atoms with van der Waals surface area (Å²) in [4.78, 5) is 0. The number of ether oxygens (including phenoxy) is 1. The molecule has 1 unspecified atom stereocenters. The minimum atomic E-state index is 0.223. The first-order valence-electron chi connectivity index (χ1n) is 6.87. The van der Waals surface area contributed by atoms with Gasteiger partial charge < -0.3 is 10.5 Å². The fourth-order valence-corrected chi connectivity index (χ4v) is 2.94. The van der Waals surface area contributed by atoms with Crippen molar-refractivity contribution in [3.05, 3.63) is 28.8 Å². The second kappa shape index (κ2) is 4.58. The maximum Gasteiger partial charge on any atom is 0.125 e. The summed E-state index contributed by atoms with van der Waals surface area (Å²) in [7, 11) is 1.76. The van der Waals surface area contributed by atoms with Crippen LogP contribution in [0.25, 0.3) is 0 Å². The fourth-order valence-electron chi connectivity index (χ4n) is 2.94. The van der Waals surface area contributed by atoms with Crippen molar-refractivity contribution in [2.45, 2.75) is 57.9 Å². The first kappa shape index (κ1) is 13.4. The van der Waals surface area contributed by atoms with E-state index >= 15 is 0 Å². The molecule has 1 fully saturated rings. The number of methoxy groups -OCH3 is 1. The smallest absolute Gasteiger partial charge is 0.125 e. The Balaban J connectivity index is 2.52. The van der Waals surface area contributed by atoms with Crippen LogP contribution in [0, 0.1) is 6.92 Å². The normalized spacial score (nSPS) is 18.8. The van der Waals surface area contributed by atoms with Crippen molar-refractivity contribution in [2.24, 2.45) is 5.73 Å². The van der Waals surface area contributed by atoms with E-state index in [2.05, 4.69) is 39.8 Å². The first-order chi connectivity index (χ1) is 8.42. The van der Waals surface area contributed by atoms with E-state index in [0.717, 1.165) is 5.75 Å². The third-order valence-electron chi connectivity index (χ3n) is 4.36. The minimum Gasteiger partial charge on any atom is -0.496 e. The third kappa shape index (κ3) is 2.03. The Kier molecular flexibility index (Phi) is 3.41. The summed E-state index contributed by atoms with van der Waals surface area (Å²) in [5, 5.41) is 0. The standard InChI is InChI=1S/C16H25NO/c1-10(2)14-9-13(8-11(3)15(14)18-5)16(6-7-16)12(4)17/h8-10,12H,6-7,17H2,1-5H3. The predicted octanol–water partition coefficient (Wildman–Crippen LogP) is 3.51.